The van der Waals surface area contributed by atoms with Crippen molar-refractivity contribution in [2.45, 2.75) is 109 Å². The predicted molar refractivity (Wildman–Crippen MR) is 175 cm³/mol. The third kappa shape index (κ3) is 6.44. The van der Waals surface area contributed by atoms with Crippen LogP contribution in [0.3, 0.4) is 0 Å². The third-order valence-electron chi connectivity index (χ3n) is 8.84. The lowest BCUT2D eigenvalue weighted by Gasteiger charge is -2.33. The summed E-state index contributed by atoms with van der Waals surface area (Å²) in [6.07, 6.45) is 18.9. The van der Waals surface area contributed by atoms with Crippen LogP contribution in [0.2, 0.25) is 0 Å². The largest absolute Gasteiger partial charge is 0.143 e. The summed E-state index contributed by atoms with van der Waals surface area (Å²) >= 11 is 3.78. The first-order valence-electron chi connectivity index (χ1n) is 15.7. The molecule has 1 aliphatic rings. The van der Waals surface area contributed by atoms with Crippen LogP contribution in [0.1, 0.15) is 115 Å². The van der Waals surface area contributed by atoms with Gasteiger partial charge in [-0.15, -0.1) is 22.7 Å². The average molecular weight is 555 g/mol. The Balaban J connectivity index is 1.46. The Hall–Kier alpha value is -2.16. The molecule has 0 amide bonds. The van der Waals surface area contributed by atoms with Gasteiger partial charge in [0.25, 0.3) is 0 Å². The van der Waals surface area contributed by atoms with Crippen LogP contribution >= 0.6 is 22.7 Å². The second-order valence-electron chi connectivity index (χ2n) is 11.6. The van der Waals surface area contributed by atoms with E-state index >= 15 is 0 Å². The Morgan fingerprint density at radius 1 is 0.538 bits per heavy atom. The van der Waals surface area contributed by atoms with Crippen LogP contribution in [-0.2, 0) is 5.41 Å². The van der Waals surface area contributed by atoms with Crippen LogP contribution in [-0.4, -0.2) is 0 Å². The normalized spacial score (nSPS) is 13.5. The van der Waals surface area contributed by atoms with E-state index < -0.39 is 0 Å². The number of rotatable bonds is 16. The van der Waals surface area contributed by atoms with Crippen molar-refractivity contribution in [3.8, 4) is 31.3 Å². The van der Waals surface area contributed by atoms with E-state index in [4.69, 9.17) is 0 Å². The Kier molecular flexibility index (Phi) is 10.1. The molecule has 0 atom stereocenters. The van der Waals surface area contributed by atoms with Gasteiger partial charge in [-0.05, 0) is 70.3 Å². The second-order valence-corrected chi connectivity index (χ2v) is 13.6. The van der Waals surface area contributed by atoms with Crippen molar-refractivity contribution in [2.24, 2.45) is 0 Å². The van der Waals surface area contributed by atoms with Crippen molar-refractivity contribution in [1.82, 2.24) is 0 Å². The zero-order chi connectivity index (χ0) is 26.9. The van der Waals surface area contributed by atoms with Gasteiger partial charge < -0.3 is 0 Å². The number of thiophene rings is 2. The number of benzene rings is 2. The summed E-state index contributed by atoms with van der Waals surface area (Å²) in [5, 5.41) is 2.18. The summed E-state index contributed by atoms with van der Waals surface area (Å²) in [4.78, 5) is 4.15. The maximum absolute atomic E-state index is 2.59. The summed E-state index contributed by atoms with van der Waals surface area (Å²) in [6, 6.07) is 25.8. The highest BCUT2D eigenvalue weighted by Crippen LogP contribution is 2.55. The van der Waals surface area contributed by atoms with E-state index in [9.17, 15) is 0 Å². The number of hydrogen-bond donors (Lipinski definition) is 0. The van der Waals surface area contributed by atoms with E-state index in [2.05, 4.69) is 86.0 Å². The third-order valence-corrected chi connectivity index (χ3v) is 11.0. The lowest BCUT2D eigenvalue weighted by molar-refractivity contribution is 0.398. The molecule has 2 heteroatoms. The smallest absolute Gasteiger partial charge is 0.0449 e. The first-order valence-corrected chi connectivity index (χ1v) is 17.3. The van der Waals surface area contributed by atoms with E-state index in [-0.39, 0.29) is 5.41 Å². The zero-order valence-electron chi connectivity index (χ0n) is 24.1. The Morgan fingerprint density at radius 2 is 1.18 bits per heavy atom. The molecule has 2 heterocycles. The molecule has 2 aromatic carbocycles. The van der Waals surface area contributed by atoms with Gasteiger partial charge in [-0.3, -0.25) is 0 Å². The molecule has 1 aliphatic carbocycles. The monoisotopic (exact) mass is 554 g/mol. The highest BCUT2D eigenvalue weighted by Gasteiger charge is 2.42. The van der Waals surface area contributed by atoms with E-state index in [1.54, 1.807) is 11.1 Å². The molecule has 0 radical (unpaired) electrons. The van der Waals surface area contributed by atoms with Crippen molar-refractivity contribution in [3.05, 3.63) is 83.2 Å². The SMILES string of the molecule is CCCCCCCCC1(CCCCCCCC)c2ccccc2-c2ccc(-c3ccc(-c4cccs4)s3)cc21. The summed E-state index contributed by atoms with van der Waals surface area (Å²) < 4.78 is 0. The van der Waals surface area contributed by atoms with Gasteiger partial charge in [0.2, 0.25) is 0 Å². The zero-order valence-corrected chi connectivity index (χ0v) is 25.8. The van der Waals surface area contributed by atoms with Crippen molar-refractivity contribution in [3.63, 3.8) is 0 Å². The molecule has 0 spiro atoms. The predicted octanol–water partition coefficient (Wildman–Crippen LogP) is 12.9. The average Bonchev–Trinajstić information content (AvgIpc) is 3.72. The summed E-state index contributed by atoms with van der Waals surface area (Å²) in [6.45, 7) is 4.63. The molecule has 0 unspecified atom stereocenters. The van der Waals surface area contributed by atoms with Gasteiger partial charge in [-0.1, -0.05) is 133 Å². The van der Waals surface area contributed by atoms with Gasteiger partial charge >= 0.3 is 0 Å². The minimum Gasteiger partial charge on any atom is -0.143 e. The lowest BCUT2D eigenvalue weighted by atomic mass is 9.70. The molecule has 0 aliphatic heterocycles. The summed E-state index contributed by atoms with van der Waals surface area (Å²) in [7, 11) is 0. The lowest BCUT2D eigenvalue weighted by Crippen LogP contribution is -2.25. The van der Waals surface area contributed by atoms with E-state index in [0.717, 1.165) is 0 Å². The van der Waals surface area contributed by atoms with Gasteiger partial charge in [0.1, 0.15) is 0 Å². The maximum Gasteiger partial charge on any atom is 0.0449 e. The molecule has 206 valence electrons. The first-order chi connectivity index (χ1) is 19.3. The maximum atomic E-state index is 2.59. The topological polar surface area (TPSA) is 0 Å². The Morgan fingerprint density at radius 3 is 1.87 bits per heavy atom. The molecule has 2 aromatic heterocycles. The molecule has 4 aromatic rings. The molecular formula is C37H46S2. The van der Waals surface area contributed by atoms with Gasteiger partial charge in [0.05, 0.1) is 0 Å². The summed E-state index contributed by atoms with van der Waals surface area (Å²) in [5.74, 6) is 0. The van der Waals surface area contributed by atoms with Gasteiger partial charge in [-0.25, -0.2) is 0 Å². The van der Waals surface area contributed by atoms with Crippen molar-refractivity contribution < 1.29 is 0 Å². The fourth-order valence-corrected chi connectivity index (χ4v) is 8.57. The molecular weight excluding hydrogens is 509 g/mol. The van der Waals surface area contributed by atoms with Crippen LogP contribution in [0.25, 0.3) is 31.3 Å². The van der Waals surface area contributed by atoms with E-state index in [0.29, 0.717) is 0 Å². The van der Waals surface area contributed by atoms with Crippen molar-refractivity contribution in [1.29, 1.82) is 0 Å². The fourth-order valence-electron chi connectivity index (χ4n) is 6.73. The van der Waals surface area contributed by atoms with Crippen LogP contribution in [0.15, 0.2) is 72.1 Å². The molecule has 0 fully saturated rings. The second kappa shape index (κ2) is 14.0. The van der Waals surface area contributed by atoms with Crippen LogP contribution < -0.4 is 0 Å². The highest BCUT2D eigenvalue weighted by atomic mass is 32.1. The molecule has 5 rings (SSSR count). The van der Waals surface area contributed by atoms with Crippen molar-refractivity contribution in [2.75, 3.05) is 0 Å². The molecule has 0 N–H and O–H groups in total. The summed E-state index contributed by atoms with van der Waals surface area (Å²) in [5.41, 5.74) is 7.73. The minimum atomic E-state index is 0.158. The van der Waals surface area contributed by atoms with Crippen molar-refractivity contribution >= 4 is 22.7 Å². The molecule has 0 saturated carbocycles. The van der Waals surface area contributed by atoms with Gasteiger partial charge in [-0.2, -0.15) is 0 Å². The standard InChI is InChI=1S/C37H46S2/c1-3-5-7-9-11-15-25-37(26-16-12-10-8-6-4-2)32-19-14-13-18-30(32)31-22-21-29(28-33(31)37)34-23-24-36(39-34)35-20-17-27-38-35/h13-14,17-24,27-28H,3-12,15-16,25-26H2,1-2H3. The number of fused-ring (bicyclic) bond motifs is 3. The van der Waals surface area contributed by atoms with Crippen LogP contribution in [0.4, 0.5) is 0 Å². The molecule has 39 heavy (non-hydrogen) atoms. The minimum absolute atomic E-state index is 0.158. The molecule has 0 nitrogen and oxygen atoms in total. The Bertz CT molecular complexity index is 1280. The number of unbranched alkanes of at least 4 members (excludes halogenated alkanes) is 10. The van der Waals surface area contributed by atoms with E-state index in [1.165, 1.54) is 121 Å². The highest BCUT2D eigenvalue weighted by molar-refractivity contribution is 7.23. The van der Waals surface area contributed by atoms with Crippen LogP contribution in [0, 0.1) is 0 Å². The van der Waals surface area contributed by atoms with Gasteiger partial charge in [0, 0.05) is 20.0 Å². The van der Waals surface area contributed by atoms with Gasteiger partial charge in [0.15, 0.2) is 0 Å². The first kappa shape index (κ1) is 28.4. The fraction of sp³-hybridized carbons (Fsp3) is 0.459. The molecule has 0 bridgehead atoms. The molecule has 0 saturated heterocycles. The van der Waals surface area contributed by atoms with E-state index in [1.807, 2.05) is 22.7 Å². The number of hydrogen-bond acceptors (Lipinski definition) is 2. The Labute approximate surface area is 245 Å². The van der Waals surface area contributed by atoms with Crippen LogP contribution in [0.5, 0.6) is 0 Å². The quantitative estimate of drug-likeness (QED) is 0.121.